The summed E-state index contributed by atoms with van der Waals surface area (Å²) in [5, 5.41) is 11.9. The van der Waals surface area contributed by atoms with Crippen molar-refractivity contribution in [1.29, 1.82) is 0 Å². The SMILES string of the molecule is CCC(C)(CO)NC(=O)C=Cc1ccc(Cl)s1. The second kappa shape index (κ2) is 6.19. The molecule has 2 N–H and O–H groups in total. The van der Waals surface area contributed by atoms with Crippen LogP contribution in [0.1, 0.15) is 25.1 Å². The highest BCUT2D eigenvalue weighted by atomic mass is 35.5. The van der Waals surface area contributed by atoms with E-state index in [0.717, 1.165) is 4.88 Å². The number of rotatable bonds is 5. The molecule has 1 atom stereocenters. The molecule has 0 aliphatic heterocycles. The molecule has 94 valence electrons. The van der Waals surface area contributed by atoms with Crippen molar-refractivity contribution in [2.75, 3.05) is 6.61 Å². The predicted octanol–water partition coefficient (Wildman–Crippen LogP) is 2.69. The summed E-state index contributed by atoms with van der Waals surface area (Å²) in [6, 6.07) is 3.63. The van der Waals surface area contributed by atoms with Crippen LogP contribution < -0.4 is 5.32 Å². The van der Waals surface area contributed by atoms with Gasteiger partial charge in [-0.15, -0.1) is 11.3 Å². The summed E-state index contributed by atoms with van der Waals surface area (Å²) in [5.41, 5.74) is -0.561. The van der Waals surface area contributed by atoms with Crippen molar-refractivity contribution in [1.82, 2.24) is 5.32 Å². The van der Waals surface area contributed by atoms with E-state index in [0.29, 0.717) is 10.8 Å². The van der Waals surface area contributed by atoms with Gasteiger partial charge in [-0.2, -0.15) is 0 Å². The molecule has 0 bridgehead atoms. The molecular weight excluding hydrogens is 258 g/mol. The van der Waals surface area contributed by atoms with Crippen LogP contribution in [0.15, 0.2) is 18.2 Å². The summed E-state index contributed by atoms with van der Waals surface area (Å²) in [6.07, 6.45) is 3.83. The topological polar surface area (TPSA) is 49.3 Å². The summed E-state index contributed by atoms with van der Waals surface area (Å²) in [6.45, 7) is 3.65. The Kier molecular flexibility index (Phi) is 5.18. The van der Waals surface area contributed by atoms with E-state index in [9.17, 15) is 4.79 Å². The molecule has 1 rings (SSSR count). The highest BCUT2D eigenvalue weighted by Crippen LogP contribution is 2.22. The molecule has 0 spiro atoms. The summed E-state index contributed by atoms with van der Waals surface area (Å²) >= 11 is 7.19. The number of carbonyl (C=O) groups is 1. The third-order valence-electron chi connectivity index (χ3n) is 2.55. The van der Waals surface area contributed by atoms with Gasteiger partial charge in [-0.3, -0.25) is 4.79 Å². The molecule has 1 aromatic rings. The van der Waals surface area contributed by atoms with Crippen molar-refractivity contribution in [3.63, 3.8) is 0 Å². The molecule has 0 aromatic carbocycles. The Morgan fingerprint density at radius 2 is 2.35 bits per heavy atom. The minimum Gasteiger partial charge on any atom is -0.394 e. The van der Waals surface area contributed by atoms with E-state index in [1.807, 2.05) is 13.0 Å². The quantitative estimate of drug-likeness (QED) is 0.811. The second-order valence-electron chi connectivity index (χ2n) is 4.04. The van der Waals surface area contributed by atoms with Crippen molar-refractivity contribution >= 4 is 34.9 Å². The van der Waals surface area contributed by atoms with E-state index in [1.165, 1.54) is 17.4 Å². The van der Waals surface area contributed by atoms with Gasteiger partial charge in [0.1, 0.15) is 0 Å². The van der Waals surface area contributed by atoms with Crippen molar-refractivity contribution < 1.29 is 9.90 Å². The molecule has 1 amide bonds. The number of hydrogen-bond donors (Lipinski definition) is 2. The molecular formula is C12H16ClNO2S. The Morgan fingerprint density at radius 3 is 2.82 bits per heavy atom. The highest BCUT2D eigenvalue weighted by molar-refractivity contribution is 7.17. The highest BCUT2D eigenvalue weighted by Gasteiger charge is 2.21. The number of amides is 1. The summed E-state index contributed by atoms with van der Waals surface area (Å²) in [4.78, 5) is 12.5. The van der Waals surface area contributed by atoms with E-state index < -0.39 is 5.54 Å². The van der Waals surface area contributed by atoms with Crippen molar-refractivity contribution in [2.24, 2.45) is 0 Å². The van der Waals surface area contributed by atoms with E-state index >= 15 is 0 Å². The lowest BCUT2D eigenvalue weighted by molar-refractivity contribution is -0.118. The van der Waals surface area contributed by atoms with Crippen LogP contribution >= 0.6 is 22.9 Å². The Hall–Kier alpha value is -0.840. The third-order valence-corrected chi connectivity index (χ3v) is 3.74. The van der Waals surface area contributed by atoms with Crippen molar-refractivity contribution in [3.05, 3.63) is 27.4 Å². The maximum atomic E-state index is 11.6. The fourth-order valence-corrected chi connectivity index (χ4v) is 2.12. The first-order valence-electron chi connectivity index (χ1n) is 5.35. The normalized spacial score (nSPS) is 14.8. The van der Waals surface area contributed by atoms with Crippen molar-refractivity contribution in [3.8, 4) is 0 Å². The van der Waals surface area contributed by atoms with Gasteiger partial charge >= 0.3 is 0 Å². The Morgan fingerprint density at radius 1 is 1.65 bits per heavy atom. The lowest BCUT2D eigenvalue weighted by Gasteiger charge is -2.26. The summed E-state index contributed by atoms with van der Waals surface area (Å²) < 4.78 is 0.693. The average Bonchev–Trinajstić information content (AvgIpc) is 2.72. The van der Waals surface area contributed by atoms with Crippen LogP contribution in [0.2, 0.25) is 4.34 Å². The van der Waals surface area contributed by atoms with Gasteiger partial charge in [0, 0.05) is 11.0 Å². The van der Waals surface area contributed by atoms with Crippen LogP contribution in [0, 0.1) is 0 Å². The Balaban J connectivity index is 2.58. The fraction of sp³-hybridized carbons (Fsp3) is 0.417. The lowest BCUT2D eigenvalue weighted by atomic mass is 10.0. The van der Waals surface area contributed by atoms with Gasteiger partial charge in [0.05, 0.1) is 16.5 Å². The lowest BCUT2D eigenvalue weighted by Crippen LogP contribution is -2.47. The van der Waals surface area contributed by atoms with E-state index in [-0.39, 0.29) is 12.5 Å². The molecule has 0 radical (unpaired) electrons. The molecule has 0 fully saturated rings. The molecule has 1 unspecified atom stereocenters. The van der Waals surface area contributed by atoms with Gasteiger partial charge in [-0.1, -0.05) is 18.5 Å². The average molecular weight is 274 g/mol. The van der Waals surface area contributed by atoms with Gasteiger partial charge in [0.2, 0.25) is 5.91 Å². The third kappa shape index (κ3) is 4.50. The fourth-order valence-electron chi connectivity index (χ4n) is 1.15. The van der Waals surface area contributed by atoms with Crippen LogP contribution in [-0.4, -0.2) is 23.2 Å². The number of halogens is 1. The van der Waals surface area contributed by atoms with Gasteiger partial charge < -0.3 is 10.4 Å². The maximum Gasteiger partial charge on any atom is 0.244 e. The number of nitrogens with one attached hydrogen (secondary N) is 1. The van der Waals surface area contributed by atoms with Gasteiger partial charge in [-0.25, -0.2) is 0 Å². The predicted molar refractivity (Wildman–Crippen MR) is 72.3 cm³/mol. The number of hydrogen-bond acceptors (Lipinski definition) is 3. The molecule has 0 aliphatic carbocycles. The van der Waals surface area contributed by atoms with Crippen LogP contribution in [0.3, 0.4) is 0 Å². The minimum atomic E-state index is -0.561. The van der Waals surface area contributed by atoms with Crippen LogP contribution in [0.25, 0.3) is 6.08 Å². The van der Waals surface area contributed by atoms with E-state index in [1.54, 1.807) is 19.1 Å². The standard InChI is InChI=1S/C12H16ClNO2S/c1-3-12(2,8-15)14-11(16)7-5-9-4-6-10(13)17-9/h4-7,15H,3,8H2,1-2H3,(H,14,16). The molecule has 1 aromatic heterocycles. The van der Waals surface area contributed by atoms with Crippen molar-refractivity contribution in [2.45, 2.75) is 25.8 Å². The first kappa shape index (κ1) is 14.2. The van der Waals surface area contributed by atoms with E-state index in [4.69, 9.17) is 16.7 Å². The molecule has 0 saturated heterocycles. The van der Waals surface area contributed by atoms with E-state index in [2.05, 4.69) is 5.32 Å². The number of carbonyl (C=O) groups excluding carboxylic acids is 1. The largest absolute Gasteiger partial charge is 0.394 e. The zero-order valence-corrected chi connectivity index (χ0v) is 11.4. The van der Waals surface area contributed by atoms with Gasteiger partial charge in [0.15, 0.2) is 0 Å². The number of aliphatic hydroxyl groups is 1. The summed E-state index contributed by atoms with van der Waals surface area (Å²) in [7, 11) is 0. The summed E-state index contributed by atoms with van der Waals surface area (Å²) in [5.74, 6) is -0.215. The van der Waals surface area contributed by atoms with Crippen LogP contribution in [0.5, 0.6) is 0 Å². The minimum absolute atomic E-state index is 0.0755. The smallest absolute Gasteiger partial charge is 0.244 e. The van der Waals surface area contributed by atoms with Gasteiger partial charge in [0.25, 0.3) is 0 Å². The van der Waals surface area contributed by atoms with Crippen LogP contribution in [0.4, 0.5) is 0 Å². The zero-order chi connectivity index (χ0) is 12.9. The monoisotopic (exact) mass is 273 g/mol. The number of thiophene rings is 1. The Labute approximate surface area is 110 Å². The first-order chi connectivity index (χ1) is 7.99. The zero-order valence-electron chi connectivity index (χ0n) is 9.87. The van der Waals surface area contributed by atoms with Crippen LogP contribution in [-0.2, 0) is 4.79 Å². The molecule has 0 saturated carbocycles. The first-order valence-corrected chi connectivity index (χ1v) is 6.55. The molecule has 3 nitrogen and oxygen atoms in total. The number of aliphatic hydroxyl groups excluding tert-OH is 1. The molecule has 17 heavy (non-hydrogen) atoms. The molecule has 5 heteroatoms. The second-order valence-corrected chi connectivity index (χ2v) is 5.78. The molecule has 1 heterocycles. The Bertz CT molecular complexity index is 410. The van der Waals surface area contributed by atoms with Gasteiger partial charge in [-0.05, 0) is 31.6 Å². The maximum absolute atomic E-state index is 11.6. The molecule has 0 aliphatic rings.